The number of unbranched alkanes of at least 4 members (excludes halogenated alkanes) is 1. The topological polar surface area (TPSA) is 63.1 Å². The highest BCUT2D eigenvalue weighted by Crippen LogP contribution is 2.23. The molecule has 0 aromatic heterocycles. The van der Waals surface area contributed by atoms with Gasteiger partial charge in [0.15, 0.2) is 0 Å². The monoisotopic (exact) mass is 396 g/mol. The predicted octanol–water partition coefficient (Wildman–Crippen LogP) is 2.09. The van der Waals surface area contributed by atoms with E-state index in [0.717, 1.165) is 39.0 Å². The van der Waals surface area contributed by atoms with E-state index in [2.05, 4.69) is 19.3 Å². The van der Waals surface area contributed by atoms with Crippen molar-refractivity contribution in [3.05, 3.63) is 59.7 Å². The highest BCUT2D eigenvalue weighted by molar-refractivity contribution is 6.10. The van der Waals surface area contributed by atoms with Crippen LogP contribution in [0.1, 0.15) is 40.5 Å². The molecule has 1 saturated heterocycles. The van der Waals surface area contributed by atoms with Gasteiger partial charge in [-0.3, -0.25) is 9.59 Å². The van der Waals surface area contributed by atoms with Crippen LogP contribution >= 0.6 is 0 Å². The van der Waals surface area contributed by atoms with Crippen LogP contribution in [-0.4, -0.2) is 56.5 Å². The van der Waals surface area contributed by atoms with Crippen LogP contribution in [-0.2, 0) is 0 Å². The third-order valence-corrected chi connectivity index (χ3v) is 5.20. The van der Waals surface area contributed by atoms with Crippen molar-refractivity contribution in [3.8, 4) is 5.75 Å². The summed E-state index contributed by atoms with van der Waals surface area (Å²) in [4.78, 5) is 29.3. The Balaban J connectivity index is 1.76. The summed E-state index contributed by atoms with van der Waals surface area (Å²) >= 11 is 0. The minimum atomic E-state index is -0.278. The summed E-state index contributed by atoms with van der Waals surface area (Å²) in [5.41, 5.74) is 1.51. The molecule has 0 spiro atoms. The standard InChI is InChI=1S/C23H29N3O3/c1-3-4-17-29-21-12-8-6-10-19(21)22(27)24-20-11-7-5-9-18(20)23(28)26-15-13-25(2)14-16-26/h5-12H,3-4,13-17H2,1-2H3,(H,24,27)/p+1. The maximum Gasteiger partial charge on any atom is 0.259 e. The quantitative estimate of drug-likeness (QED) is 0.705. The Kier molecular flexibility index (Phi) is 7.25. The number of likely N-dealkylation sites (N-methyl/N-ethyl adjacent to an activating group) is 1. The minimum absolute atomic E-state index is 0.0409. The van der Waals surface area contributed by atoms with Crippen LogP contribution in [0.15, 0.2) is 48.5 Å². The molecule has 6 heteroatoms. The van der Waals surface area contributed by atoms with Crippen LogP contribution in [0.4, 0.5) is 5.69 Å². The first-order valence-corrected chi connectivity index (χ1v) is 10.3. The normalized spacial score (nSPS) is 14.5. The van der Waals surface area contributed by atoms with Crippen LogP contribution in [0.25, 0.3) is 0 Å². The molecule has 2 N–H and O–H groups in total. The second-order valence-corrected chi connectivity index (χ2v) is 7.45. The number of amides is 2. The van der Waals surface area contributed by atoms with Crippen molar-refractivity contribution < 1.29 is 19.2 Å². The number of hydrogen-bond donors (Lipinski definition) is 2. The third kappa shape index (κ3) is 5.35. The zero-order valence-electron chi connectivity index (χ0n) is 17.2. The van der Waals surface area contributed by atoms with Gasteiger partial charge in [0, 0.05) is 0 Å². The van der Waals surface area contributed by atoms with E-state index >= 15 is 0 Å². The molecule has 1 fully saturated rings. The van der Waals surface area contributed by atoms with E-state index in [1.54, 1.807) is 24.3 Å². The summed E-state index contributed by atoms with van der Waals surface area (Å²) in [7, 11) is 2.13. The van der Waals surface area contributed by atoms with Crippen LogP contribution < -0.4 is 15.0 Å². The second-order valence-electron chi connectivity index (χ2n) is 7.45. The average molecular weight is 397 g/mol. The van der Waals surface area contributed by atoms with Gasteiger partial charge in [0.25, 0.3) is 11.8 Å². The molecule has 29 heavy (non-hydrogen) atoms. The summed E-state index contributed by atoms with van der Waals surface area (Å²) in [6.45, 7) is 5.98. The molecule has 1 heterocycles. The lowest BCUT2D eigenvalue weighted by Gasteiger charge is -2.30. The van der Waals surface area contributed by atoms with E-state index in [4.69, 9.17) is 4.74 Å². The number of carbonyl (C=O) groups excluding carboxylic acids is 2. The van der Waals surface area contributed by atoms with Crippen molar-refractivity contribution >= 4 is 17.5 Å². The number of ether oxygens (including phenoxy) is 1. The van der Waals surface area contributed by atoms with Gasteiger partial charge in [-0.15, -0.1) is 0 Å². The average Bonchev–Trinajstić information content (AvgIpc) is 2.75. The Morgan fingerprint density at radius 3 is 2.41 bits per heavy atom. The smallest absolute Gasteiger partial charge is 0.259 e. The maximum absolute atomic E-state index is 13.0. The summed E-state index contributed by atoms with van der Waals surface area (Å²) in [6.07, 6.45) is 1.96. The lowest BCUT2D eigenvalue weighted by Crippen LogP contribution is -3.12. The molecule has 0 saturated carbocycles. The van der Waals surface area contributed by atoms with E-state index < -0.39 is 0 Å². The summed E-state index contributed by atoms with van der Waals surface area (Å²) < 4.78 is 5.78. The fourth-order valence-corrected chi connectivity index (χ4v) is 3.34. The SMILES string of the molecule is CCCCOc1ccccc1C(=O)Nc1ccccc1C(=O)N1CC[NH+](C)CC1. The summed E-state index contributed by atoms with van der Waals surface area (Å²) in [6, 6.07) is 14.4. The highest BCUT2D eigenvalue weighted by atomic mass is 16.5. The fourth-order valence-electron chi connectivity index (χ4n) is 3.34. The van der Waals surface area contributed by atoms with Crippen LogP contribution in [0.5, 0.6) is 5.75 Å². The van der Waals surface area contributed by atoms with Gasteiger partial charge in [0.1, 0.15) is 5.75 Å². The zero-order valence-corrected chi connectivity index (χ0v) is 17.2. The van der Waals surface area contributed by atoms with E-state index in [9.17, 15) is 9.59 Å². The van der Waals surface area contributed by atoms with Crippen molar-refractivity contribution in [1.82, 2.24) is 4.90 Å². The van der Waals surface area contributed by atoms with Gasteiger partial charge in [-0.05, 0) is 30.7 Å². The van der Waals surface area contributed by atoms with Gasteiger partial charge in [-0.2, -0.15) is 0 Å². The zero-order chi connectivity index (χ0) is 20.6. The van der Waals surface area contributed by atoms with Crippen molar-refractivity contribution in [1.29, 1.82) is 0 Å². The van der Waals surface area contributed by atoms with Crippen molar-refractivity contribution in [2.45, 2.75) is 19.8 Å². The van der Waals surface area contributed by atoms with Crippen LogP contribution in [0.3, 0.4) is 0 Å². The molecule has 1 aliphatic heterocycles. The number of hydrogen-bond acceptors (Lipinski definition) is 3. The molecule has 0 aliphatic carbocycles. The van der Waals surface area contributed by atoms with Gasteiger partial charge in [0.2, 0.25) is 0 Å². The van der Waals surface area contributed by atoms with E-state index in [-0.39, 0.29) is 11.8 Å². The Morgan fingerprint density at radius 2 is 1.69 bits per heavy atom. The number of benzene rings is 2. The second kappa shape index (κ2) is 10.1. The lowest BCUT2D eigenvalue weighted by molar-refractivity contribution is -0.883. The van der Waals surface area contributed by atoms with Gasteiger partial charge in [-0.25, -0.2) is 0 Å². The molecule has 2 aromatic carbocycles. The Hall–Kier alpha value is -2.86. The number of carbonyl (C=O) groups is 2. The lowest BCUT2D eigenvalue weighted by atomic mass is 10.1. The first-order chi connectivity index (χ1) is 14.1. The maximum atomic E-state index is 13.0. The van der Waals surface area contributed by atoms with Crippen molar-refractivity contribution in [2.75, 3.05) is 45.2 Å². The number of rotatable bonds is 7. The number of nitrogens with zero attached hydrogens (tertiary/aromatic N) is 1. The highest BCUT2D eigenvalue weighted by Gasteiger charge is 2.25. The van der Waals surface area contributed by atoms with Gasteiger partial charge < -0.3 is 19.9 Å². The summed E-state index contributed by atoms with van der Waals surface area (Å²) in [5.74, 6) is 0.241. The van der Waals surface area contributed by atoms with E-state index in [1.807, 2.05) is 29.2 Å². The minimum Gasteiger partial charge on any atom is -0.493 e. The van der Waals surface area contributed by atoms with Gasteiger partial charge >= 0.3 is 0 Å². The fraction of sp³-hybridized carbons (Fsp3) is 0.391. The number of anilines is 1. The molecular weight excluding hydrogens is 366 g/mol. The Morgan fingerprint density at radius 1 is 1.03 bits per heavy atom. The van der Waals surface area contributed by atoms with Gasteiger partial charge in [0.05, 0.1) is 56.6 Å². The molecule has 2 amide bonds. The van der Waals surface area contributed by atoms with Crippen LogP contribution in [0, 0.1) is 0 Å². The first-order valence-electron chi connectivity index (χ1n) is 10.3. The molecule has 3 rings (SSSR count). The van der Waals surface area contributed by atoms with Crippen LogP contribution in [0.2, 0.25) is 0 Å². The van der Waals surface area contributed by atoms with E-state index in [1.165, 1.54) is 4.90 Å². The number of piperazine rings is 1. The first kappa shape index (κ1) is 20.9. The summed E-state index contributed by atoms with van der Waals surface area (Å²) in [5, 5.41) is 2.91. The van der Waals surface area contributed by atoms with Crippen molar-refractivity contribution in [3.63, 3.8) is 0 Å². The number of nitrogens with one attached hydrogen (secondary N) is 2. The molecule has 6 nitrogen and oxygen atoms in total. The molecule has 154 valence electrons. The molecule has 0 radical (unpaired) electrons. The predicted molar refractivity (Wildman–Crippen MR) is 114 cm³/mol. The number of quaternary nitrogens is 1. The largest absolute Gasteiger partial charge is 0.493 e. The van der Waals surface area contributed by atoms with Gasteiger partial charge in [-0.1, -0.05) is 37.6 Å². The molecule has 0 atom stereocenters. The molecule has 2 aromatic rings. The Labute approximate surface area is 172 Å². The molecular formula is C23H30N3O3+. The number of para-hydroxylation sites is 2. The molecule has 0 bridgehead atoms. The molecule has 1 aliphatic rings. The van der Waals surface area contributed by atoms with E-state index in [0.29, 0.717) is 29.2 Å². The third-order valence-electron chi connectivity index (χ3n) is 5.20. The van der Waals surface area contributed by atoms with Crippen molar-refractivity contribution in [2.24, 2.45) is 0 Å². The molecule has 0 unspecified atom stereocenters. The Bertz CT molecular complexity index is 845.